The number of nitrogens with one attached hydrogen (secondary N) is 2. The van der Waals surface area contributed by atoms with Crippen LogP contribution in [0.5, 0.6) is 0 Å². The van der Waals surface area contributed by atoms with E-state index in [0.717, 1.165) is 41.3 Å². The van der Waals surface area contributed by atoms with Crippen LogP contribution in [0.1, 0.15) is 31.4 Å². The van der Waals surface area contributed by atoms with Gasteiger partial charge in [-0.1, -0.05) is 38.2 Å². The van der Waals surface area contributed by atoms with Crippen molar-refractivity contribution in [1.82, 2.24) is 15.8 Å². The standard InChI is InChI=1S/C20H24N4O2/c1-20(2)12-26-10-8-17(20)22-19-15-11-21-9-7-13(15)18(23-24-19)14-5-3-4-6-16(14)25/h3-7,9,11,16-17,23,25H,8,10,12H2,1-2H3,(H,22,24). The first-order chi connectivity index (χ1) is 12.6. The average molecular weight is 352 g/mol. The lowest BCUT2D eigenvalue weighted by Crippen LogP contribution is -2.46. The molecule has 1 saturated heterocycles. The molecule has 26 heavy (non-hydrogen) atoms. The van der Waals surface area contributed by atoms with E-state index in [1.54, 1.807) is 12.3 Å². The van der Waals surface area contributed by atoms with Gasteiger partial charge in [0.25, 0.3) is 0 Å². The summed E-state index contributed by atoms with van der Waals surface area (Å²) in [5.41, 5.74) is 10.0. The lowest BCUT2D eigenvalue weighted by atomic mass is 9.82. The summed E-state index contributed by atoms with van der Waals surface area (Å²) in [4.78, 5) is 9.28. The van der Waals surface area contributed by atoms with Gasteiger partial charge in [-0.05, 0) is 12.5 Å². The Kier molecular flexibility index (Phi) is 4.38. The number of pyridine rings is 1. The molecule has 0 amide bonds. The van der Waals surface area contributed by atoms with Gasteiger partial charge >= 0.3 is 0 Å². The number of aliphatic imine (C=N–C) groups is 1. The van der Waals surface area contributed by atoms with Gasteiger partial charge < -0.3 is 9.84 Å². The zero-order valence-corrected chi connectivity index (χ0v) is 15.1. The average Bonchev–Trinajstić information content (AvgIpc) is 2.64. The van der Waals surface area contributed by atoms with Gasteiger partial charge in [0.1, 0.15) is 5.84 Å². The predicted molar refractivity (Wildman–Crippen MR) is 101 cm³/mol. The lowest BCUT2D eigenvalue weighted by Gasteiger charge is -2.37. The Morgan fingerprint density at radius 3 is 2.96 bits per heavy atom. The van der Waals surface area contributed by atoms with Gasteiger partial charge in [0.2, 0.25) is 0 Å². The molecule has 1 aliphatic carbocycles. The number of fused-ring (bicyclic) bond motifs is 1. The van der Waals surface area contributed by atoms with E-state index in [1.807, 2.05) is 30.5 Å². The normalized spacial score (nSPS) is 31.3. The first-order valence-electron chi connectivity index (χ1n) is 8.96. The fourth-order valence-electron chi connectivity index (χ4n) is 3.56. The molecule has 1 fully saturated rings. The second-order valence-electron chi connectivity index (χ2n) is 7.51. The van der Waals surface area contributed by atoms with E-state index in [9.17, 15) is 5.11 Å². The van der Waals surface area contributed by atoms with Crippen molar-refractivity contribution in [2.24, 2.45) is 10.4 Å². The SMILES string of the molecule is CC1(C)COCCC1N=C1NNC(=C2C=CC=CC2O)c2ccncc21. The minimum Gasteiger partial charge on any atom is -0.384 e. The van der Waals surface area contributed by atoms with Crippen molar-refractivity contribution in [3.63, 3.8) is 0 Å². The molecule has 1 aromatic rings. The molecule has 1 aromatic heterocycles. The van der Waals surface area contributed by atoms with Gasteiger partial charge in [-0.15, -0.1) is 0 Å². The second kappa shape index (κ2) is 6.70. The molecule has 136 valence electrons. The lowest BCUT2D eigenvalue weighted by molar-refractivity contribution is -0.00142. The summed E-state index contributed by atoms with van der Waals surface area (Å²) < 4.78 is 5.61. The number of hydrogen-bond donors (Lipinski definition) is 3. The van der Waals surface area contributed by atoms with Crippen LogP contribution >= 0.6 is 0 Å². The van der Waals surface area contributed by atoms with E-state index >= 15 is 0 Å². The fraction of sp³-hybridized carbons (Fsp3) is 0.400. The number of nitrogens with zero attached hydrogens (tertiary/aromatic N) is 2. The highest BCUT2D eigenvalue weighted by molar-refractivity contribution is 6.05. The molecule has 4 rings (SSSR count). The van der Waals surface area contributed by atoms with E-state index in [2.05, 4.69) is 29.7 Å². The molecule has 6 nitrogen and oxygen atoms in total. The summed E-state index contributed by atoms with van der Waals surface area (Å²) in [6.45, 7) is 5.81. The number of aliphatic hydroxyl groups is 1. The number of allylic oxidation sites excluding steroid dienone is 2. The van der Waals surface area contributed by atoms with E-state index in [1.165, 1.54) is 0 Å². The van der Waals surface area contributed by atoms with Crippen LogP contribution in [0.15, 0.2) is 53.3 Å². The maximum absolute atomic E-state index is 10.3. The Morgan fingerprint density at radius 2 is 2.15 bits per heavy atom. The van der Waals surface area contributed by atoms with Gasteiger partial charge in [0, 0.05) is 41.1 Å². The van der Waals surface area contributed by atoms with Gasteiger partial charge in [0.05, 0.1) is 24.4 Å². The topological polar surface area (TPSA) is 78.8 Å². The quantitative estimate of drug-likeness (QED) is 0.720. The van der Waals surface area contributed by atoms with Gasteiger partial charge in [0.15, 0.2) is 0 Å². The van der Waals surface area contributed by atoms with Gasteiger partial charge in [-0.25, -0.2) is 0 Å². The molecule has 0 bridgehead atoms. The molecule has 0 radical (unpaired) electrons. The summed E-state index contributed by atoms with van der Waals surface area (Å²) in [6, 6.07) is 2.13. The number of hydrogen-bond acceptors (Lipinski definition) is 5. The minimum absolute atomic E-state index is 0.0128. The first-order valence-corrected chi connectivity index (χ1v) is 8.96. The molecule has 3 N–H and O–H groups in total. The zero-order chi connectivity index (χ0) is 18.1. The smallest absolute Gasteiger partial charge is 0.149 e. The summed E-state index contributed by atoms with van der Waals surface area (Å²) in [7, 11) is 0. The molecule has 2 atom stereocenters. The fourth-order valence-corrected chi connectivity index (χ4v) is 3.56. The third-order valence-corrected chi connectivity index (χ3v) is 5.14. The first kappa shape index (κ1) is 17.0. The van der Waals surface area contributed by atoms with Crippen molar-refractivity contribution in [2.45, 2.75) is 32.4 Å². The highest BCUT2D eigenvalue weighted by atomic mass is 16.5. The van der Waals surface area contributed by atoms with Crippen LogP contribution < -0.4 is 10.9 Å². The molecule has 0 aromatic carbocycles. The van der Waals surface area contributed by atoms with Crippen LogP contribution in [0.2, 0.25) is 0 Å². The zero-order valence-electron chi connectivity index (χ0n) is 15.1. The maximum Gasteiger partial charge on any atom is 0.149 e. The molecule has 6 heteroatoms. The number of amidine groups is 1. The van der Waals surface area contributed by atoms with Crippen LogP contribution in [-0.4, -0.2) is 41.3 Å². The number of aliphatic hydroxyl groups excluding tert-OH is 1. The summed E-state index contributed by atoms with van der Waals surface area (Å²) >= 11 is 0. The van der Waals surface area contributed by atoms with E-state index < -0.39 is 6.10 Å². The monoisotopic (exact) mass is 352 g/mol. The summed E-state index contributed by atoms with van der Waals surface area (Å²) in [5.74, 6) is 0.780. The van der Waals surface area contributed by atoms with Crippen molar-refractivity contribution in [1.29, 1.82) is 0 Å². The second-order valence-corrected chi connectivity index (χ2v) is 7.51. The van der Waals surface area contributed by atoms with Gasteiger partial charge in [-0.3, -0.25) is 20.8 Å². The minimum atomic E-state index is -0.641. The molecular formula is C20H24N4O2. The Labute approximate surface area is 153 Å². The number of hydrazine groups is 1. The molecule has 2 unspecified atom stereocenters. The highest BCUT2D eigenvalue weighted by Crippen LogP contribution is 2.32. The predicted octanol–water partition coefficient (Wildman–Crippen LogP) is 1.95. The van der Waals surface area contributed by atoms with E-state index in [0.29, 0.717) is 6.61 Å². The molecule has 0 saturated carbocycles. The third kappa shape index (κ3) is 3.06. The Balaban J connectivity index is 1.75. The number of ether oxygens (including phenoxy) is 1. The van der Waals surface area contributed by atoms with Crippen molar-refractivity contribution in [3.05, 3.63) is 59.5 Å². The largest absolute Gasteiger partial charge is 0.384 e. The Bertz CT molecular complexity index is 823. The van der Waals surface area contributed by atoms with Crippen molar-refractivity contribution in [3.8, 4) is 0 Å². The highest BCUT2D eigenvalue weighted by Gasteiger charge is 2.34. The number of aromatic nitrogens is 1. The van der Waals surface area contributed by atoms with Crippen molar-refractivity contribution >= 4 is 11.5 Å². The van der Waals surface area contributed by atoms with Crippen LogP contribution in [0.4, 0.5) is 0 Å². The van der Waals surface area contributed by atoms with Crippen LogP contribution in [0, 0.1) is 5.41 Å². The molecule has 3 heterocycles. The molecule has 2 aliphatic heterocycles. The van der Waals surface area contributed by atoms with E-state index in [-0.39, 0.29) is 11.5 Å². The van der Waals surface area contributed by atoms with Gasteiger partial charge in [-0.2, -0.15) is 0 Å². The van der Waals surface area contributed by atoms with Crippen LogP contribution in [0.3, 0.4) is 0 Å². The van der Waals surface area contributed by atoms with E-state index in [4.69, 9.17) is 9.73 Å². The van der Waals surface area contributed by atoms with Crippen LogP contribution in [0.25, 0.3) is 5.70 Å². The van der Waals surface area contributed by atoms with Crippen molar-refractivity contribution in [2.75, 3.05) is 13.2 Å². The van der Waals surface area contributed by atoms with Crippen molar-refractivity contribution < 1.29 is 9.84 Å². The third-order valence-electron chi connectivity index (χ3n) is 5.14. The summed E-state index contributed by atoms with van der Waals surface area (Å²) in [5, 5.41) is 10.3. The molecule has 0 spiro atoms. The summed E-state index contributed by atoms with van der Waals surface area (Å²) in [6.07, 6.45) is 11.3. The maximum atomic E-state index is 10.3. The number of rotatable bonds is 1. The molecular weight excluding hydrogens is 328 g/mol. The molecule has 3 aliphatic rings. The Morgan fingerprint density at radius 1 is 1.27 bits per heavy atom. The Hall–Kier alpha value is -2.44. The van der Waals surface area contributed by atoms with Crippen LogP contribution in [-0.2, 0) is 4.74 Å².